The molecule has 7 nitrogen and oxygen atoms in total. The fourth-order valence-electron chi connectivity index (χ4n) is 3.11. The number of aliphatic imine (C=N–C) groups is 1. The fraction of sp³-hybridized carbons (Fsp3) is 0.261. The predicted molar refractivity (Wildman–Crippen MR) is 125 cm³/mol. The van der Waals surface area contributed by atoms with Crippen molar-refractivity contribution in [1.29, 1.82) is 5.26 Å². The predicted octanol–water partition coefficient (Wildman–Crippen LogP) is 3.67. The van der Waals surface area contributed by atoms with E-state index in [1.165, 1.54) is 0 Å². The number of nitrogens with zero attached hydrogens (tertiary/aromatic N) is 4. The number of nitrogens with one attached hydrogen (secondary N) is 2. The SMILES string of the molecule is CCNC(=NCc1ccc(Cl)cc1)NCCCc1nn(-c2ccccc2)c(N)c1C#N. The molecule has 3 rings (SSSR count). The number of halogens is 1. The van der Waals surface area contributed by atoms with E-state index in [1.807, 2.05) is 61.5 Å². The van der Waals surface area contributed by atoms with Crippen molar-refractivity contribution in [2.24, 2.45) is 4.99 Å². The number of rotatable bonds is 8. The van der Waals surface area contributed by atoms with Gasteiger partial charge >= 0.3 is 0 Å². The lowest BCUT2D eigenvalue weighted by atomic mass is 10.1. The maximum absolute atomic E-state index is 9.53. The van der Waals surface area contributed by atoms with Crippen molar-refractivity contribution in [3.63, 3.8) is 0 Å². The van der Waals surface area contributed by atoms with E-state index in [0.717, 1.165) is 30.2 Å². The first-order valence-electron chi connectivity index (χ1n) is 10.2. The minimum atomic E-state index is 0.370. The Bertz CT molecular complexity index is 1050. The van der Waals surface area contributed by atoms with Gasteiger partial charge in [-0.2, -0.15) is 10.4 Å². The Hall–Kier alpha value is -3.50. The first kappa shape index (κ1) is 22.2. The average molecular weight is 436 g/mol. The van der Waals surface area contributed by atoms with E-state index in [0.29, 0.717) is 41.6 Å². The monoisotopic (exact) mass is 435 g/mol. The van der Waals surface area contributed by atoms with Gasteiger partial charge in [-0.1, -0.05) is 41.9 Å². The van der Waals surface area contributed by atoms with Gasteiger partial charge in [-0.15, -0.1) is 0 Å². The molecule has 2 aromatic carbocycles. The molecule has 0 saturated heterocycles. The molecule has 0 fully saturated rings. The summed E-state index contributed by atoms with van der Waals surface area (Å²) >= 11 is 5.93. The Morgan fingerprint density at radius 3 is 2.58 bits per heavy atom. The van der Waals surface area contributed by atoms with Crippen LogP contribution < -0.4 is 16.4 Å². The van der Waals surface area contributed by atoms with Crippen LogP contribution >= 0.6 is 11.6 Å². The summed E-state index contributed by atoms with van der Waals surface area (Å²) in [6.45, 7) is 4.04. The van der Waals surface area contributed by atoms with Crippen molar-refractivity contribution in [1.82, 2.24) is 20.4 Å². The Kier molecular flexibility index (Phi) is 7.91. The highest BCUT2D eigenvalue weighted by molar-refractivity contribution is 6.30. The topological polar surface area (TPSA) is 104 Å². The van der Waals surface area contributed by atoms with Gasteiger partial charge in [0, 0.05) is 18.1 Å². The summed E-state index contributed by atoms with van der Waals surface area (Å²) in [5, 5.41) is 21.4. The van der Waals surface area contributed by atoms with Gasteiger partial charge in [0.25, 0.3) is 0 Å². The smallest absolute Gasteiger partial charge is 0.191 e. The van der Waals surface area contributed by atoms with E-state index < -0.39 is 0 Å². The van der Waals surface area contributed by atoms with Gasteiger partial charge < -0.3 is 16.4 Å². The van der Waals surface area contributed by atoms with Crippen LogP contribution in [0.25, 0.3) is 5.69 Å². The molecule has 0 radical (unpaired) electrons. The van der Waals surface area contributed by atoms with E-state index in [1.54, 1.807) is 4.68 Å². The summed E-state index contributed by atoms with van der Waals surface area (Å²) in [6, 6.07) is 19.4. The zero-order valence-electron chi connectivity index (χ0n) is 17.5. The van der Waals surface area contributed by atoms with Crippen molar-refractivity contribution in [2.45, 2.75) is 26.3 Å². The number of para-hydroxylation sites is 1. The fourth-order valence-corrected chi connectivity index (χ4v) is 3.23. The third-order valence-electron chi connectivity index (χ3n) is 4.67. The number of nitrogen functional groups attached to an aromatic ring is 1. The average Bonchev–Trinajstić information content (AvgIpc) is 3.11. The summed E-state index contributed by atoms with van der Waals surface area (Å²) in [6.07, 6.45) is 1.42. The van der Waals surface area contributed by atoms with Crippen molar-refractivity contribution < 1.29 is 0 Å². The lowest BCUT2D eigenvalue weighted by molar-refractivity contribution is 0.723. The molecule has 0 aliphatic rings. The first-order chi connectivity index (χ1) is 15.1. The number of hydrogen-bond acceptors (Lipinski definition) is 4. The molecule has 160 valence electrons. The van der Waals surface area contributed by atoms with E-state index in [-0.39, 0.29) is 0 Å². The number of hydrogen-bond donors (Lipinski definition) is 3. The lowest BCUT2D eigenvalue weighted by Crippen LogP contribution is -2.37. The largest absolute Gasteiger partial charge is 0.382 e. The van der Waals surface area contributed by atoms with Crippen LogP contribution in [0.2, 0.25) is 5.02 Å². The van der Waals surface area contributed by atoms with Crippen LogP contribution in [0.15, 0.2) is 59.6 Å². The number of anilines is 1. The second-order valence-corrected chi connectivity index (χ2v) is 7.35. The molecular formula is C23H26ClN7. The van der Waals surface area contributed by atoms with E-state index in [2.05, 4.69) is 26.8 Å². The Morgan fingerprint density at radius 2 is 1.90 bits per heavy atom. The zero-order chi connectivity index (χ0) is 22.1. The van der Waals surface area contributed by atoms with Gasteiger partial charge in [-0.25, -0.2) is 9.67 Å². The van der Waals surface area contributed by atoms with Crippen molar-refractivity contribution in [3.05, 3.63) is 76.4 Å². The molecular weight excluding hydrogens is 410 g/mol. The molecule has 0 unspecified atom stereocenters. The van der Waals surface area contributed by atoms with Crippen LogP contribution in [0, 0.1) is 11.3 Å². The van der Waals surface area contributed by atoms with Gasteiger partial charge in [0.2, 0.25) is 0 Å². The maximum Gasteiger partial charge on any atom is 0.191 e. The highest BCUT2D eigenvalue weighted by Crippen LogP contribution is 2.21. The summed E-state index contributed by atoms with van der Waals surface area (Å²) in [7, 11) is 0. The first-order valence-corrected chi connectivity index (χ1v) is 10.6. The summed E-state index contributed by atoms with van der Waals surface area (Å²) < 4.78 is 1.62. The molecule has 3 aromatic rings. The number of guanidine groups is 1. The zero-order valence-corrected chi connectivity index (χ0v) is 18.2. The molecule has 4 N–H and O–H groups in total. The summed E-state index contributed by atoms with van der Waals surface area (Å²) in [4.78, 5) is 4.61. The molecule has 31 heavy (non-hydrogen) atoms. The Labute approximate surface area is 187 Å². The normalized spacial score (nSPS) is 11.2. The maximum atomic E-state index is 9.53. The van der Waals surface area contributed by atoms with E-state index in [9.17, 15) is 5.26 Å². The van der Waals surface area contributed by atoms with Gasteiger partial charge in [-0.3, -0.25) is 0 Å². The van der Waals surface area contributed by atoms with E-state index >= 15 is 0 Å². The molecule has 0 bridgehead atoms. The highest BCUT2D eigenvalue weighted by Gasteiger charge is 2.16. The number of nitrogens with two attached hydrogens (primary N) is 1. The van der Waals surface area contributed by atoms with Crippen LogP contribution in [-0.2, 0) is 13.0 Å². The summed E-state index contributed by atoms with van der Waals surface area (Å²) in [5.74, 6) is 1.11. The number of aryl methyl sites for hydroxylation is 1. The van der Waals surface area contributed by atoms with Gasteiger partial charge in [-0.05, 0) is 49.6 Å². The van der Waals surface area contributed by atoms with Gasteiger partial charge in [0.15, 0.2) is 5.96 Å². The summed E-state index contributed by atoms with van der Waals surface area (Å²) in [5.41, 5.74) is 9.23. The molecule has 1 aromatic heterocycles. The van der Waals surface area contributed by atoms with Crippen LogP contribution in [0.3, 0.4) is 0 Å². The van der Waals surface area contributed by atoms with Gasteiger partial charge in [0.1, 0.15) is 17.5 Å². The third kappa shape index (κ3) is 6.00. The van der Waals surface area contributed by atoms with Crippen LogP contribution in [0.4, 0.5) is 5.82 Å². The quantitative estimate of drug-likeness (QED) is 0.284. The van der Waals surface area contributed by atoms with Crippen molar-refractivity contribution in [2.75, 3.05) is 18.8 Å². The van der Waals surface area contributed by atoms with Crippen molar-refractivity contribution >= 4 is 23.4 Å². The molecule has 0 aliphatic heterocycles. The van der Waals surface area contributed by atoms with Crippen molar-refractivity contribution in [3.8, 4) is 11.8 Å². The minimum Gasteiger partial charge on any atom is -0.382 e. The number of nitriles is 1. The second kappa shape index (κ2) is 11.0. The number of benzene rings is 2. The minimum absolute atomic E-state index is 0.370. The molecule has 0 aliphatic carbocycles. The van der Waals surface area contributed by atoms with Crippen LogP contribution in [0.5, 0.6) is 0 Å². The lowest BCUT2D eigenvalue weighted by Gasteiger charge is -2.11. The Balaban J connectivity index is 1.59. The van der Waals surface area contributed by atoms with Crippen LogP contribution in [-0.4, -0.2) is 28.8 Å². The molecule has 8 heteroatoms. The standard InChI is InChI=1S/C23H26ClN7/c1-2-27-23(29-16-17-10-12-18(24)13-11-17)28-14-6-9-21-20(15-25)22(26)31(30-21)19-7-4-3-5-8-19/h3-5,7-8,10-13H,2,6,9,14,16,26H2,1H3,(H2,27,28,29). The molecule has 0 atom stereocenters. The number of aromatic nitrogens is 2. The van der Waals surface area contributed by atoms with E-state index in [4.69, 9.17) is 17.3 Å². The van der Waals surface area contributed by atoms with Crippen LogP contribution in [0.1, 0.15) is 30.2 Å². The molecule has 0 spiro atoms. The molecule has 0 saturated carbocycles. The Morgan fingerprint density at radius 1 is 1.16 bits per heavy atom. The van der Waals surface area contributed by atoms with Gasteiger partial charge in [0.05, 0.1) is 17.9 Å². The second-order valence-electron chi connectivity index (χ2n) is 6.92. The molecule has 0 amide bonds. The molecule has 1 heterocycles. The highest BCUT2D eigenvalue weighted by atomic mass is 35.5. The third-order valence-corrected chi connectivity index (χ3v) is 4.92.